The minimum atomic E-state index is -0.0820. The molecule has 1 N–H and O–H groups in total. The van der Waals surface area contributed by atoms with E-state index in [1.54, 1.807) is 13.2 Å². The molecule has 5 heteroatoms. The smallest absolute Gasteiger partial charge is 0.254 e. The van der Waals surface area contributed by atoms with Crippen LogP contribution in [0.2, 0.25) is 0 Å². The van der Waals surface area contributed by atoms with Crippen molar-refractivity contribution in [1.82, 2.24) is 10.2 Å². The largest absolute Gasteiger partial charge is 0.497 e. The molecule has 1 aromatic carbocycles. The average molecular weight is 344 g/mol. The van der Waals surface area contributed by atoms with Gasteiger partial charge in [0.1, 0.15) is 5.75 Å². The fourth-order valence-electron chi connectivity index (χ4n) is 4.06. The number of carbonyl (C=O) groups is 2. The van der Waals surface area contributed by atoms with Gasteiger partial charge in [0.25, 0.3) is 5.91 Å². The number of carbonyl (C=O) groups excluding carboxylic acids is 2. The van der Waals surface area contributed by atoms with E-state index < -0.39 is 0 Å². The van der Waals surface area contributed by atoms with Crippen LogP contribution in [0.3, 0.4) is 0 Å². The van der Waals surface area contributed by atoms with Crippen LogP contribution in [0.1, 0.15) is 55.3 Å². The second-order valence-electron chi connectivity index (χ2n) is 7.04. The summed E-state index contributed by atoms with van der Waals surface area (Å²) < 4.78 is 5.26. The molecule has 1 aliphatic heterocycles. The van der Waals surface area contributed by atoms with E-state index in [1.165, 1.54) is 0 Å². The molecule has 25 heavy (non-hydrogen) atoms. The molecule has 136 valence electrons. The molecular formula is C20H28N2O3. The third-order valence-electron chi connectivity index (χ3n) is 5.42. The molecule has 0 radical (unpaired) electrons. The van der Waals surface area contributed by atoms with E-state index in [9.17, 15) is 9.59 Å². The van der Waals surface area contributed by atoms with E-state index in [4.69, 9.17) is 4.74 Å². The second kappa shape index (κ2) is 8.37. The van der Waals surface area contributed by atoms with Crippen LogP contribution >= 0.6 is 0 Å². The second-order valence-corrected chi connectivity index (χ2v) is 7.04. The summed E-state index contributed by atoms with van der Waals surface area (Å²) in [6, 6.07) is 7.32. The van der Waals surface area contributed by atoms with E-state index in [-0.39, 0.29) is 23.8 Å². The van der Waals surface area contributed by atoms with Gasteiger partial charge in [-0.05, 0) is 50.3 Å². The molecule has 1 aliphatic carbocycles. The summed E-state index contributed by atoms with van der Waals surface area (Å²) in [7, 11) is 1.61. The number of nitrogens with zero attached hydrogens (tertiary/aromatic N) is 1. The van der Waals surface area contributed by atoms with Crippen LogP contribution in [-0.2, 0) is 4.79 Å². The maximum atomic E-state index is 13.2. The third-order valence-corrected chi connectivity index (χ3v) is 5.42. The zero-order chi connectivity index (χ0) is 17.6. The van der Waals surface area contributed by atoms with Gasteiger partial charge in [0.2, 0.25) is 5.91 Å². The number of fused-ring (bicyclic) bond motifs is 1. The van der Waals surface area contributed by atoms with Gasteiger partial charge in [-0.3, -0.25) is 9.59 Å². The molecule has 2 fully saturated rings. The van der Waals surface area contributed by atoms with E-state index in [1.807, 2.05) is 23.1 Å². The summed E-state index contributed by atoms with van der Waals surface area (Å²) in [5, 5.41) is 3.07. The molecule has 2 aliphatic rings. The quantitative estimate of drug-likeness (QED) is 0.897. The van der Waals surface area contributed by atoms with Crippen LogP contribution in [0, 0.1) is 5.92 Å². The fraction of sp³-hybridized carbons (Fsp3) is 0.600. The van der Waals surface area contributed by atoms with Crippen molar-refractivity contribution in [3.05, 3.63) is 29.8 Å². The van der Waals surface area contributed by atoms with Gasteiger partial charge in [-0.15, -0.1) is 0 Å². The molecule has 2 atom stereocenters. The lowest BCUT2D eigenvalue weighted by Gasteiger charge is -2.40. The minimum absolute atomic E-state index is 0.00514. The van der Waals surface area contributed by atoms with Crippen LogP contribution < -0.4 is 10.1 Å². The molecule has 0 spiro atoms. The van der Waals surface area contributed by atoms with Crippen LogP contribution in [0.5, 0.6) is 5.75 Å². The van der Waals surface area contributed by atoms with Gasteiger partial charge in [0.05, 0.1) is 13.0 Å². The number of rotatable bonds is 2. The van der Waals surface area contributed by atoms with Crippen molar-refractivity contribution in [1.29, 1.82) is 0 Å². The molecule has 0 bridgehead atoms. The van der Waals surface area contributed by atoms with Gasteiger partial charge in [-0.25, -0.2) is 0 Å². The Labute approximate surface area is 149 Å². The Morgan fingerprint density at radius 3 is 2.84 bits per heavy atom. The summed E-state index contributed by atoms with van der Waals surface area (Å²) in [5.41, 5.74) is 0.640. The molecule has 5 nitrogen and oxygen atoms in total. The van der Waals surface area contributed by atoms with Crippen molar-refractivity contribution in [3.8, 4) is 5.75 Å². The van der Waals surface area contributed by atoms with Gasteiger partial charge in [0, 0.05) is 24.7 Å². The maximum absolute atomic E-state index is 13.2. The monoisotopic (exact) mass is 344 g/mol. The van der Waals surface area contributed by atoms with Gasteiger partial charge < -0.3 is 15.0 Å². The topological polar surface area (TPSA) is 58.6 Å². The number of ether oxygens (including phenoxy) is 1. The number of hydrogen-bond acceptors (Lipinski definition) is 3. The zero-order valence-corrected chi connectivity index (χ0v) is 15.0. The molecule has 0 unspecified atom stereocenters. The van der Waals surface area contributed by atoms with E-state index >= 15 is 0 Å². The number of benzene rings is 1. The Kier molecular flexibility index (Phi) is 5.95. The Balaban J connectivity index is 1.88. The fourth-order valence-corrected chi connectivity index (χ4v) is 4.06. The molecule has 1 aromatic rings. The first-order valence-corrected chi connectivity index (χ1v) is 9.43. The number of methoxy groups -OCH3 is 1. The number of nitrogens with one attached hydrogen (secondary N) is 1. The first kappa shape index (κ1) is 17.8. The lowest BCUT2D eigenvalue weighted by Crippen LogP contribution is -2.51. The summed E-state index contributed by atoms with van der Waals surface area (Å²) >= 11 is 0. The predicted molar refractivity (Wildman–Crippen MR) is 96.6 cm³/mol. The highest BCUT2D eigenvalue weighted by Crippen LogP contribution is 2.31. The van der Waals surface area contributed by atoms with Gasteiger partial charge in [0.15, 0.2) is 0 Å². The molecule has 1 saturated heterocycles. The average Bonchev–Trinajstić information content (AvgIpc) is 2.67. The Hall–Kier alpha value is -2.04. The third kappa shape index (κ3) is 4.14. The highest BCUT2D eigenvalue weighted by molar-refractivity contribution is 5.95. The Morgan fingerprint density at radius 1 is 1.16 bits per heavy atom. The summed E-state index contributed by atoms with van der Waals surface area (Å²) in [6.45, 7) is 1.48. The Bertz CT molecular complexity index is 617. The van der Waals surface area contributed by atoms with Crippen LogP contribution in [0.4, 0.5) is 0 Å². The predicted octanol–water partition coefficient (Wildman–Crippen LogP) is 3.00. The van der Waals surface area contributed by atoms with Gasteiger partial charge in [-0.1, -0.05) is 18.9 Å². The van der Waals surface area contributed by atoms with Gasteiger partial charge >= 0.3 is 0 Å². The summed E-state index contributed by atoms with van der Waals surface area (Å²) in [5.74, 6) is 0.741. The summed E-state index contributed by atoms with van der Waals surface area (Å²) in [4.78, 5) is 27.8. The summed E-state index contributed by atoms with van der Waals surface area (Å²) in [6.07, 6.45) is 6.91. The van der Waals surface area contributed by atoms with Crippen LogP contribution in [0.25, 0.3) is 0 Å². The highest BCUT2D eigenvalue weighted by Gasteiger charge is 2.37. The standard InChI is InChI=1S/C20H28N2O3/c1-25-16-9-7-8-15(14-16)20(24)22-13-6-2-5-12-21-19(23)17-10-3-4-11-18(17)22/h7-9,14,17-18H,2-6,10-13H2,1H3,(H,21,23)/t17-,18+/m1/s1. The molecule has 0 aromatic heterocycles. The molecular weight excluding hydrogens is 316 g/mol. The van der Waals surface area contributed by atoms with Crippen molar-refractivity contribution >= 4 is 11.8 Å². The molecule has 3 rings (SSSR count). The van der Waals surface area contributed by atoms with Crippen molar-refractivity contribution in [2.75, 3.05) is 20.2 Å². The first-order chi connectivity index (χ1) is 12.2. The van der Waals surface area contributed by atoms with Crippen molar-refractivity contribution in [3.63, 3.8) is 0 Å². The van der Waals surface area contributed by atoms with Gasteiger partial charge in [-0.2, -0.15) is 0 Å². The van der Waals surface area contributed by atoms with E-state index in [0.717, 1.165) is 58.0 Å². The van der Waals surface area contributed by atoms with E-state index in [0.29, 0.717) is 11.3 Å². The van der Waals surface area contributed by atoms with Crippen molar-refractivity contribution in [2.24, 2.45) is 5.92 Å². The number of amides is 2. The lowest BCUT2D eigenvalue weighted by molar-refractivity contribution is -0.128. The van der Waals surface area contributed by atoms with Crippen molar-refractivity contribution in [2.45, 2.75) is 51.0 Å². The zero-order valence-electron chi connectivity index (χ0n) is 15.0. The number of hydrogen-bond donors (Lipinski definition) is 1. The minimum Gasteiger partial charge on any atom is -0.497 e. The normalized spacial score (nSPS) is 24.8. The lowest BCUT2D eigenvalue weighted by atomic mass is 9.82. The highest BCUT2D eigenvalue weighted by atomic mass is 16.5. The molecule has 2 amide bonds. The molecule has 1 saturated carbocycles. The SMILES string of the molecule is COc1cccc(C(=O)N2CCCCCNC(=O)[C@@H]3CCCC[C@@H]32)c1. The van der Waals surface area contributed by atoms with Crippen molar-refractivity contribution < 1.29 is 14.3 Å². The molecule has 1 heterocycles. The maximum Gasteiger partial charge on any atom is 0.254 e. The van der Waals surface area contributed by atoms with Crippen LogP contribution in [0.15, 0.2) is 24.3 Å². The Morgan fingerprint density at radius 2 is 2.00 bits per heavy atom. The van der Waals surface area contributed by atoms with E-state index in [2.05, 4.69) is 5.32 Å². The van der Waals surface area contributed by atoms with Crippen LogP contribution in [-0.4, -0.2) is 43.0 Å². The first-order valence-electron chi connectivity index (χ1n) is 9.43.